The molecule has 0 aromatic heterocycles. The van der Waals surface area contributed by atoms with Gasteiger partial charge in [0, 0.05) is 23.9 Å². The predicted octanol–water partition coefficient (Wildman–Crippen LogP) is 8.99. The second-order valence-corrected chi connectivity index (χ2v) is 12.3. The summed E-state index contributed by atoms with van der Waals surface area (Å²) in [7, 11) is -1.26. The smallest absolute Gasteiger partial charge is 0.259 e. The van der Waals surface area contributed by atoms with E-state index in [1.807, 2.05) is 0 Å². The predicted molar refractivity (Wildman–Crippen MR) is 158 cm³/mol. The van der Waals surface area contributed by atoms with Crippen molar-refractivity contribution in [2.75, 3.05) is 13.2 Å². The van der Waals surface area contributed by atoms with Crippen LogP contribution in [0.1, 0.15) is 61.8 Å². The van der Waals surface area contributed by atoms with Gasteiger partial charge >= 0.3 is 0 Å². The van der Waals surface area contributed by atoms with Gasteiger partial charge in [0.1, 0.15) is 0 Å². The van der Waals surface area contributed by atoms with Crippen LogP contribution in [-0.4, -0.2) is 30.0 Å². The minimum atomic E-state index is -1.26. The van der Waals surface area contributed by atoms with Crippen LogP contribution in [0.4, 0.5) is 0 Å². The van der Waals surface area contributed by atoms with Crippen LogP contribution in [0.2, 0.25) is 0 Å². The Morgan fingerprint density at radius 3 is 1.11 bits per heavy atom. The first-order valence-corrected chi connectivity index (χ1v) is 14.9. The maximum Gasteiger partial charge on any atom is 0.259 e. The molecular formula is C34H36NO2P. The first-order valence-electron chi connectivity index (χ1n) is 13.7. The SMILES string of the molecule is CC(C)N(C(C)C)P(OCC1c2ccccc2-c2ccccc21)OCC1c2ccccc2-c2ccccc21. The van der Waals surface area contributed by atoms with Crippen LogP contribution in [-0.2, 0) is 9.05 Å². The maximum absolute atomic E-state index is 6.83. The van der Waals surface area contributed by atoms with Crippen molar-refractivity contribution in [3.8, 4) is 22.3 Å². The lowest BCUT2D eigenvalue weighted by Gasteiger charge is -2.36. The Labute approximate surface area is 228 Å². The molecule has 38 heavy (non-hydrogen) atoms. The second kappa shape index (κ2) is 10.8. The number of fused-ring (bicyclic) bond motifs is 6. The summed E-state index contributed by atoms with van der Waals surface area (Å²) >= 11 is 0. The van der Waals surface area contributed by atoms with Crippen LogP contribution in [0.3, 0.4) is 0 Å². The summed E-state index contributed by atoms with van der Waals surface area (Å²) < 4.78 is 16.1. The molecule has 6 rings (SSSR count). The van der Waals surface area contributed by atoms with Crippen LogP contribution in [0.25, 0.3) is 22.3 Å². The molecule has 0 spiro atoms. The average Bonchev–Trinajstić information content (AvgIpc) is 3.42. The second-order valence-electron chi connectivity index (χ2n) is 10.9. The molecule has 0 saturated carbocycles. The normalized spacial score (nSPS) is 14.4. The van der Waals surface area contributed by atoms with Gasteiger partial charge < -0.3 is 9.05 Å². The van der Waals surface area contributed by atoms with E-state index in [1.165, 1.54) is 44.5 Å². The summed E-state index contributed by atoms with van der Waals surface area (Å²) in [5, 5.41) is 0. The summed E-state index contributed by atoms with van der Waals surface area (Å²) in [5.41, 5.74) is 10.7. The van der Waals surface area contributed by atoms with Crippen LogP contribution in [0.5, 0.6) is 0 Å². The summed E-state index contributed by atoms with van der Waals surface area (Å²) in [4.78, 5) is 0. The van der Waals surface area contributed by atoms with Crippen molar-refractivity contribution in [1.29, 1.82) is 0 Å². The zero-order valence-electron chi connectivity index (χ0n) is 22.7. The monoisotopic (exact) mass is 521 g/mol. The molecule has 0 bridgehead atoms. The summed E-state index contributed by atoms with van der Waals surface area (Å²) in [5.74, 6) is 0.426. The third-order valence-electron chi connectivity index (χ3n) is 7.88. The highest BCUT2D eigenvalue weighted by atomic mass is 31.2. The Kier molecular flexibility index (Phi) is 7.20. The van der Waals surface area contributed by atoms with Crippen molar-refractivity contribution in [2.45, 2.75) is 51.6 Å². The van der Waals surface area contributed by atoms with E-state index in [0.29, 0.717) is 25.3 Å². The van der Waals surface area contributed by atoms with Crippen molar-refractivity contribution >= 4 is 8.53 Å². The molecule has 0 saturated heterocycles. The molecule has 4 aromatic rings. The van der Waals surface area contributed by atoms with Gasteiger partial charge in [-0.3, -0.25) is 0 Å². The zero-order chi connectivity index (χ0) is 26.2. The summed E-state index contributed by atoms with van der Waals surface area (Å²) in [6.45, 7) is 10.2. The molecule has 0 atom stereocenters. The quantitative estimate of drug-likeness (QED) is 0.205. The Bertz CT molecular complexity index is 1230. The van der Waals surface area contributed by atoms with E-state index >= 15 is 0 Å². The van der Waals surface area contributed by atoms with Gasteiger partial charge in [-0.1, -0.05) is 97.1 Å². The van der Waals surface area contributed by atoms with Crippen LogP contribution in [0.15, 0.2) is 97.1 Å². The standard InChI is InChI=1S/C34H36NO2P/c1-23(2)35(24(3)4)38(36-21-33-29-17-9-5-13-25(29)26-14-6-10-18-30(26)33)37-22-34-31-19-11-7-15-27(31)28-16-8-12-20-32(28)34/h5-20,23-24,33-34H,21-22H2,1-4H3. The van der Waals surface area contributed by atoms with Crippen LogP contribution < -0.4 is 0 Å². The highest BCUT2D eigenvalue weighted by Gasteiger charge is 2.35. The lowest BCUT2D eigenvalue weighted by Crippen LogP contribution is -2.34. The molecule has 0 N–H and O–H groups in total. The van der Waals surface area contributed by atoms with E-state index < -0.39 is 8.53 Å². The maximum atomic E-state index is 6.83. The van der Waals surface area contributed by atoms with E-state index in [-0.39, 0.29) is 11.8 Å². The Balaban J connectivity index is 1.27. The molecule has 4 heteroatoms. The van der Waals surface area contributed by atoms with Crippen molar-refractivity contribution in [2.24, 2.45) is 0 Å². The molecule has 0 heterocycles. The fraction of sp³-hybridized carbons (Fsp3) is 0.294. The molecule has 2 aliphatic rings. The van der Waals surface area contributed by atoms with Crippen molar-refractivity contribution in [1.82, 2.24) is 4.67 Å². The Morgan fingerprint density at radius 1 is 0.526 bits per heavy atom. The largest absolute Gasteiger partial charge is 0.321 e. The van der Waals surface area contributed by atoms with Gasteiger partial charge in [-0.2, -0.15) is 0 Å². The molecule has 2 aliphatic carbocycles. The zero-order valence-corrected chi connectivity index (χ0v) is 23.6. The molecule has 0 amide bonds. The Hall–Kier alpha value is -2.81. The van der Waals surface area contributed by atoms with E-state index in [2.05, 4.69) is 129 Å². The fourth-order valence-electron chi connectivity index (χ4n) is 6.30. The van der Waals surface area contributed by atoms with Crippen molar-refractivity contribution in [3.63, 3.8) is 0 Å². The lowest BCUT2D eigenvalue weighted by molar-refractivity contribution is 0.169. The third-order valence-corrected chi connectivity index (χ3v) is 9.92. The summed E-state index contributed by atoms with van der Waals surface area (Å²) in [6, 6.07) is 35.6. The highest BCUT2D eigenvalue weighted by Crippen LogP contribution is 2.52. The van der Waals surface area contributed by atoms with E-state index in [1.54, 1.807) is 0 Å². The number of hydrogen-bond acceptors (Lipinski definition) is 3. The van der Waals surface area contributed by atoms with Crippen LogP contribution in [0, 0.1) is 0 Å². The lowest BCUT2D eigenvalue weighted by atomic mass is 9.98. The molecule has 0 radical (unpaired) electrons. The Morgan fingerprint density at radius 2 is 0.816 bits per heavy atom. The highest BCUT2D eigenvalue weighted by molar-refractivity contribution is 7.44. The van der Waals surface area contributed by atoms with Gasteiger partial charge in [0.25, 0.3) is 8.53 Å². The van der Waals surface area contributed by atoms with E-state index in [0.717, 1.165) is 0 Å². The first-order chi connectivity index (χ1) is 18.5. The number of rotatable bonds is 9. The van der Waals surface area contributed by atoms with Crippen LogP contribution >= 0.6 is 8.53 Å². The van der Waals surface area contributed by atoms with Crippen molar-refractivity contribution in [3.05, 3.63) is 119 Å². The molecule has 0 aliphatic heterocycles. The first kappa shape index (κ1) is 25.5. The summed E-state index contributed by atoms with van der Waals surface area (Å²) in [6.07, 6.45) is 0. The van der Waals surface area contributed by atoms with Crippen molar-refractivity contribution < 1.29 is 9.05 Å². The average molecular weight is 522 g/mol. The van der Waals surface area contributed by atoms with Gasteiger partial charge in [-0.25, -0.2) is 4.67 Å². The molecule has 0 unspecified atom stereocenters. The van der Waals surface area contributed by atoms with Gasteiger partial charge in [0.15, 0.2) is 0 Å². The number of hydrogen-bond donors (Lipinski definition) is 0. The topological polar surface area (TPSA) is 21.7 Å². The van der Waals surface area contributed by atoms with E-state index in [4.69, 9.17) is 9.05 Å². The molecule has 0 fully saturated rings. The third kappa shape index (κ3) is 4.52. The van der Waals surface area contributed by atoms with Gasteiger partial charge in [0.05, 0.1) is 13.2 Å². The molecule has 4 aromatic carbocycles. The molecular weight excluding hydrogens is 485 g/mol. The van der Waals surface area contributed by atoms with E-state index in [9.17, 15) is 0 Å². The molecule has 3 nitrogen and oxygen atoms in total. The number of benzene rings is 4. The van der Waals surface area contributed by atoms with Gasteiger partial charge in [-0.15, -0.1) is 0 Å². The minimum Gasteiger partial charge on any atom is -0.321 e. The van der Waals surface area contributed by atoms with Gasteiger partial charge in [0.2, 0.25) is 0 Å². The minimum absolute atomic E-state index is 0.213. The fourth-order valence-corrected chi connectivity index (χ4v) is 7.95. The molecule has 194 valence electrons. The van der Waals surface area contributed by atoms with Gasteiger partial charge in [-0.05, 0) is 72.2 Å². The number of nitrogens with zero attached hydrogens (tertiary/aromatic N) is 1.